The number of carbonyl (C=O) groups is 1. The van der Waals surface area contributed by atoms with E-state index in [1.165, 1.54) is 6.20 Å². The van der Waals surface area contributed by atoms with Gasteiger partial charge >= 0.3 is 0 Å². The fourth-order valence-corrected chi connectivity index (χ4v) is 2.67. The summed E-state index contributed by atoms with van der Waals surface area (Å²) in [6.45, 7) is 0.784. The van der Waals surface area contributed by atoms with Gasteiger partial charge in [-0.1, -0.05) is 41.9 Å². The van der Waals surface area contributed by atoms with Gasteiger partial charge in [0, 0.05) is 23.4 Å². The lowest BCUT2D eigenvalue weighted by molar-refractivity contribution is -0.121. The fourth-order valence-electron chi connectivity index (χ4n) is 2.47. The highest BCUT2D eigenvalue weighted by Gasteiger charge is 2.07. The molecule has 1 amide bonds. The van der Waals surface area contributed by atoms with Crippen molar-refractivity contribution in [1.29, 1.82) is 0 Å². The zero-order chi connectivity index (χ0) is 16.9. The highest BCUT2D eigenvalue weighted by Crippen LogP contribution is 2.14. The van der Waals surface area contributed by atoms with Gasteiger partial charge in [-0.2, -0.15) is 5.10 Å². The second kappa shape index (κ2) is 7.27. The third kappa shape index (κ3) is 3.63. The normalized spacial score (nSPS) is 10.7. The minimum absolute atomic E-state index is 0.0977. The zero-order valence-corrected chi connectivity index (χ0v) is 13.7. The number of nitrogens with zero attached hydrogens (tertiary/aromatic N) is 2. The van der Waals surface area contributed by atoms with E-state index in [4.69, 9.17) is 11.6 Å². The molecule has 0 aliphatic heterocycles. The molecule has 24 heavy (non-hydrogen) atoms. The molecule has 0 aliphatic rings. The highest BCUT2D eigenvalue weighted by molar-refractivity contribution is 6.31. The van der Waals surface area contributed by atoms with Gasteiger partial charge in [-0.15, -0.1) is 0 Å². The monoisotopic (exact) mass is 341 g/mol. The minimum atomic E-state index is -0.120. The Balaban J connectivity index is 1.64. The number of para-hydroxylation sites is 1. The van der Waals surface area contributed by atoms with Crippen LogP contribution in [0.5, 0.6) is 0 Å². The Hall–Kier alpha value is -2.66. The maximum Gasteiger partial charge on any atom is 0.222 e. The van der Waals surface area contributed by atoms with Gasteiger partial charge in [-0.25, -0.2) is 0 Å². The fraction of sp³-hybridized carbons (Fsp3) is 0.167. The lowest BCUT2D eigenvalue weighted by Crippen LogP contribution is -2.25. The molecule has 5 nitrogen and oxygen atoms in total. The van der Waals surface area contributed by atoms with E-state index >= 15 is 0 Å². The van der Waals surface area contributed by atoms with Gasteiger partial charge in [0.15, 0.2) is 0 Å². The van der Waals surface area contributed by atoms with E-state index in [-0.39, 0.29) is 17.8 Å². The number of carbonyl (C=O) groups excluding carboxylic acids is 1. The number of hydrogen-bond acceptors (Lipinski definition) is 3. The SMILES string of the molecule is O=C(CCn1ncc(=O)c2ccccc21)NCc1ccccc1Cl. The predicted octanol–water partition coefficient (Wildman–Crippen LogP) is 2.76. The minimum Gasteiger partial charge on any atom is -0.352 e. The average Bonchev–Trinajstić information content (AvgIpc) is 2.61. The van der Waals surface area contributed by atoms with Crippen molar-refractivity contribution in [3.63, 3.8) is 0 Å². The topological polar surface area (TPSA) is 64.0 Å². The number of amides is 1. The molecule has 0 aliphatic carbocycles. The van der Waals surface area contributed by atoms with Gasteiger partial charge in [-0.3, -0.25) is 14.3 Å². The van der Waals surface area contributed by atoms with Crippen molar-refractivity contribution in [2.24, 2.45) is 0 Å². The largest absolute Gasteiger partial charge is 0.352 e. The molecule has 3 rings (SSSR count). The summed E-state index contributed by atoms with van der Waals surface area (Å²) in [5.74, 6) is -0.0977. The van der Waals surface area contributed by atoms with Crippen LogP contribution < -0.4 is 10.7 Å². The Morgan fingerprint density at radius 2 is 1.88 bits per heavy atom. The van der Waals surface area contributed by atoms with Crippen LogP contribution in [0.2, 0.25) is 5.02 Å². The number of nitrogens with one attached hydrogen (secondary N) is 1. The molecule has 0 spiro atoms. The molecule has 0 saturated carbocycles. The molecule has 0 saturated heterocycles. The van der Waals surface area contributed by atoms with Gasteiger partial charge in [0.2, 0.25) is 11.3 Å². The Labute approximate surface area is 143 Å². The molecule has 1 aromatic heterocycles. The molecule has 0 radical (unpaired) electrons. The molecule has 0 unspecified atom stereocenters. The third-order valence-corrected chi connectivity index (χ3v) is 4.12. The van der Waals surface area contributed by atoms with E-state index in [9.17, 15) is 9.59 Å². The van der Waals surface area contributed by atoms with E-state index < -0.39 is 0 Å². The van der Waals surface area contributed by atoms with Crippen LogP contribution in [0.1, 0.15) is 12.0 Å². The predicted molar refractivity (Wildman–Crippen MR) is 93.9 cm³/mol. The molecular formula is C18H16ClN3O2. The second-order valence-corrected chi connectivity index (χ2v) is 5.77. The van der Waals surface area contributed by atoms with Crippen molar-refractivity contribution in [3.8, 4) is 0 Å². The first kappa shape index (κ1) is 16.2. The van der Waals surface area contributed by atoms with E-state index in [0.717, 1.165) is 11.1 Å². The van der Waals surface area contributed by atoms with Crippen LogP contribution in [0.3, 0.4) is 0 Å². The Bertz CT molecular complexity index is 937. The molecule has 1 heterocycles. The summed E-state index contributed by atoms with van der Waals surface area (Å²) in [6, 6.07) is 14.6. The van der Waals surface area contributed by atoms with Crippen molar-refractivity contribution < 1.29 is 4.79 Å². The van der Waals surface area contributed by atoms with Crippen LogP contribution in [0.25, 0.3) is 10.9 Å². The molecule has 0 bridgehead atoms. The van der Waals surface area contributed by atoms with Gasteiger partial charge in [0.25, 0.3) is 0 Å². The number of halogens is 1. The number of aromatic nitrogens is 2. The van der Waals surface area contributed by atoms with Crippen molar-refractivity contribution in [2.45, 2.75) is 19.5 Å². The second-order valence-electron chi connectivity index (χ2n) is 5.37. The Kier molecular flexibility index (Phi) is 4.91. The van der Waals surface area contributed by atoms with Crippen LogP contribution in [-0.4, -0.2) is 15.7 Å². The van der Waals surface area contributed by atoms with Crippen LogP contribution >= 0.6 is 11.6 Å². The van der Waals surface area contributed by atoms with E-state index in [0.29, 0.717) is 23.5 Å². The summed E-state index contributed by atoms with van der Waals surface area (Å²) >= 11 is 6.07. The van der Waals surface area contributed by atoms with Crippen LogP contribution in [-0.2, 0) is 17.9 Å². The average molecular weight is 342 g/mol. The lowest BCUT2D eigenvalue weighted by Gasteiger charge is -2.10. The van der Waals surface area contributed by atoms with Crippen molar-refractivity contribution >= 4 is 28.4 Å². The lowest BCUT2D eigenvalue weighted by atomic mass is 10.2. The molecule has 6 heteroatoms. The Morgan fingerprint density at radius 3 is 2.71 bits per heavy atom. The number of rotatable bonds is 5. The maximum atomic E-state index is 12.0. The Morgan fingerprint density at radius 1 is 1.12 bits per heavy atom. The van der Waals surface area contributed by atoms with Crippen LogP contribution in [0, 0.1) is 0 Å². The van der Waals surface area contributed by atoms with E-state index in [2.05, 4.69) is 10.4 Å². The van der Waals surface area contributed by atoms with E-state index in [1.54, 1.807) is 16.8 Å². The van der Waals surface area contributed by atoms with Crippen LogP contribution in [0.15, 0.2) is 59.5 Å². The summed E-state index contributed by atoms with van der Waals surface area (Å²) in [5.41, 5.74) is 1.48. The van der Waals surface area contributed by atoms with Crippen molar-refractivity contribution in [2.75, 3.05) is 0 Å². The quantitative estimate of drug-likeness (QED) is 0.776. The summed E-state index contributed by atoms with van der Waals surface area (Å²) in [4.78, 5) is 23.8. The summed E-state index contributed by atoms with van der Waals surface area (Å²) < 4.78 is 1.67. The van der Waals surface area contributed by atoms with Gasteiger partial charge < -0.3 is 5.32 Å². The number of hydrogen-bond donors (Lipinski definition) is 1. The number of aryl methyl sites for hydroxylation is 1. The van der Waals surface area contributed by atoms with Crippen molar-refractivity contribution in [1.82, 2.24) is 15.1 Å². The zero-order valence-electron chi connectivity index (χ0n) is 12.9. The van der Waals surface area contributed by atoms with Crippen LogP contribution in [0.4, 0.5) is 0 Å². The molecule has 2 aromatic carbocycles. The first-order chi connectivity index (χ1) is 11.6. The first-order valence-corrected chi connectivity index (χ1v) is 7.98. The number of benzene rings is 2. The van der Waals surface area contributed by atoms with Crippen molar-refractivity contribution in [3.05, 3.63) is 75.5 Å². The smallest absolute Gasteiger partial charge is 0.222 e. The molecule has 0 fully saturated rings. The standard InChI is InChI=1S/C18H16ClN3O2/c19-15-7-3-1-5-13(15)11-20-18(24)9-10-22-16-8-4-2-6-14(16)17(23)12-21-22/h1-8,12H,9-11H2,(H,20,24). The van der Waals surface area contributed by atoms with E-state index in [1.807, 2.05) is 36.4 Å². The summed E-state index contributed by atoms with van der Waals surface area (Å²) in [7, 11) is 0. The van der Waals surface area contributed by atoms with Gasteiger partial charge in [0.1, 0.15) is 0 Å². The summed E-state index contributed by atoms with van der Waals surface area (Å²) in [5, 5.41) is 8.19. The molecule has 122 valence electrons. The molecule has 0 atom stereocenters. The number of fused-ring (bicyclic) bond motifs is 1. The van der Waals surface area contributed by atoms with Gasteiger partial charge in [0.05, 0.1) is 18.3 Å². The molecular weight excluding hydrogens is 326 g/mol. The highest BCUT2D eigenvalue weighted by atomic mass is 35.5. The summed E-state index contributed by atoms with van der Waals surface area (Å²) in [6.07, 6.45) is 1.55. The molecule has 3 aromatic rings. The first-order valence-electron chi connectivity index (χ1n) is 7.60. The maximum absolute atomic E-state index is 12.0. The van der Waals surface area contributed by atoms with Gasteiger partial charge in [-0.05, 0) is 23.8 Å². The molecule has 1 N–H and O–H groups in total. The third-order valence-electron chi connectivity index (χ3n) is 3.75.